The lowest BCUT2D eigenvalue weighted by Gasteiger charge is -2.01. The first-order valence-corrected chi connectivity index (χ1v) is 4.68. The van der Waals surface area contributed by atoms with E-state index in [1.165, 1.54) is 12.1 Å². The highest BCUT2D eigenvalue weighted by atomic mass is 32.1. The van der Waals surface area contributed by atoms with E-state index >= 15 is 0 Å². The predicted molar refractivity (Wildman–Crippen MR) is 53.9 cm³/mol. The minimum Gasteiger partial charge on any atom is -0.294 e. The maximum absolute atomic E-state index is 12.8. The van der Waals surface area contributed by atoms with Crippen molar-refractivity contribution in [2.45, 2.75) is 13.3 Å². The second kappa shape index (κ2) is 4.42. The number of hydrogen-bond acceptors (Lipinski definition) is 2. The minimum absolute atomic E-state index is 0.0121. The molecule has 0 fully saturated rings. The van der Waals surface area contributed by atoms with Crippen LogP contribution in [-0.4, -0.2) is 11.5 Å². The molecule has 0 spiro atoms. The third-order valence-corrected chi connectivity index (χ3v) is 2.04. The van der Waals surface area contributed by atoms with Gasteiger partial charge in [0.15, 0.2) is 5.78 Å². The third kappa shape index (κ3) is 2.56. The van der Waals surface area contributed by atoms with E-state index in [9.17, 15) is 9.18 Å². The fraction of sp³-hybridized carbons (Fsp3) is 0.300. The van der Waals surface area contributed by atoms with Crippen LogP contribution in [0.4, 0.5) is 4.39 Å². The number of aryl methyl sites for hydroxylation is 1. The van der Waals surface area contributed by atoms with Crippen molar-refractivity contribution in [2.75, 3.05) is 5.75 Å². The number of hydrogen-bond donors (Lipinski definition) is 1. The van der Waals surface area contributed by atoms with E-state index in [1.807, 2.05) is 0 Å². The van der Waals surface area contributed by atoms with Crippen LogP contribution in [0, 0.1) is 12.7 Å². The number of Topliss-reactive ketones (excluding diaryl/α,β-unsaturated/α-hetero) is 1. The molecule has 70 valence electrons. The maximum Gasteiger partial charge on any atom is 0.163 e. The molecule has 0 amide bonds. The summed E-state index contributed by atoms with van der Waals surface area (Å²) < 4.78 is 12.8. The lowest BCUT2D eigenvalue weighted by atomic mass is 10.1. The summed E-state index contributed by atoms with van der Waals surface area (Å²) in [7, 11) is 0. The molecule has 0 heterocycles. The molecular weight excluding hydrogens is 187 g/mol. The smallest absolute Gasteiger partial charge is 0.163 e. The van der Waals surface area contributed by atoms with Crippen LogP contribution >= 0.6 is 12.6 Å². The summed E-state index contributed by atoms with van der Waals surface area (Å²) in [5.74, 6) is 0.260. The Morgan fingerprint density at radius 2 is 2.23 bits per heavy atom. The zero-order valence-electron chi connectivity index (χ0n) is 7.38. The van der Waals surface area contributed by atoms with Crippen LogP contribution in [0.1, 0.15) is 22.3 Å². The number of halogens is 1. The molecule has 0 aliphatic rings. The zero-order valence-corrected chi connectivity index (χ0v) is 8.27. The SMILES string of the molecule is Cc1cc(C(=O)CCS)ccc1F. The largest absolute Gasteiger partial charge is 0.294 e. The maximum atomic E-state index is 12.8. The average molecular weight is 198 g/mol. The van der Waals surface area contributed by atoms with Gasteiger partial charge in [-0.25, -0.2) is 4.39 Å². The summed E-state index contributed by atoms with van der Waals surface area (Å²) in [6.45, 7) is 1.65. The van der Waals surface area contributed by atoms with E-state index in [4.69, 9.17) is 0 Å². The normalized spacial score (nSPS) is 10.1. The molecule has 0 atom stereocenters. The number of rotatable bonds is 3. The lowest BCUT2D eigenvalue weighted by Crippen LogP contribution is -2.00. The first-order chi connectivity index (χ1) is 6.15. The molecule has 0 bridgehead atoms. The van der Waals surface area contributed by atoms with Gasteiger partial charge in [0.2, 0.25) is 0 Å². The van der Waals surface area contributed by atoms with Crippen LogP contribution in [-0.2, 0) is 0 Å². The molecule has 0 aliphatic heterocycles. The molecule has 13 heavy (non-hydrogen) atoms. The Morgan fingerprint density at radius 1 is 1.54 bits per heavy atom. The van der Waals surface area contributed by atoms with Gasteiger partial charge in [-0.2, -0.15) is 12.6 Å². The van der Waals surface area contributed by atoms with Crippen molar-refractivity contribution in [1.29, 1.82) is 0 Å². The molecule has 1 aromatic rings. The van der Waals surface area contributed by atoms with Gasteiger partial charge in [0, 0.05) is 12.0 Å². The van der Waals surface area contributed by atoms with Gasteiger partial charge in [-0.1, -0.05) is 0 Å². The van der Waals surface area contributed by atoms with E-state index in [2.05, 4.69) is 12.6 Å². The standard InChI is InChI=1S/C10H11FOS/c1-7-6-8(2-3-9(7)11)10(12)4-5-13/h2-3,6,13H,4-5H2,1H3. The highest BCUT2D eigenvalue weighted by Gasteiger charge is 2.06. The molecule has 0 radical (unpaired) electrons. The fourth-order valence-corrected chi connectivity index (χ4v) is 1.27. The molecule has 0 N–H and O–H groups in total. The monoisotopic (exact) mass is 198 g/mol. The summed E-state index contributed by atoms with van der Waals surface area (Å²) in [4.78, 5) is 11.3. The summed E-state index contributed by atoms with van der Waals surface area (Å²) in [5, 5.41) is 0. The molecule has 1 nitrogen and oxygen atoms in total. The van der Waals surface area contributed by atoms with Crippen LogP contribution in [0.15, 0.2) is 18.2 Å². The summed E-state index contributed by atoms with van der Waals surface area (Å²) in [6.07, 6.45) is 0.397. The molecule has 0 unspecified atom stereocenters. The molecule has 0 saturated carbocycles. The van der Waals surface area contributed by atoms with E-state index < -0.39 is 0 Å². The van der Waals surface area contributed by atoms with Gasteiger partial charge >= 0.3 is 0 Å². The van der Waals surface area contributed by atoms with Crippen molar-refractivity contribution in [3.05, 3.63) is 35.1 Å². The van der Waals surface area contributed by atoms with Gasteiger partial charge in [0.25, 0.3) is 0 Å². The van der Waals surface area contributed by atoms with Gasteiger partial charge in [0.1, 0.15) is 5.82 Å². The van der Waals surface area contributed by atoms with Gasteiger partial charge in [0.05, 0.1) is 0 Å². The Kier molecular flexibility index (Phi) is 3.48. The van der Waals surface area contributed by atoms with E-state index in [0.29, 0.717) is 23.3 Å². The third-order valence-electron chi connectivity index (χ3n) is 1.82. The summed E-state index contributed by atoms with van der Waals surface area (Å²) in [5.41, 5.74) is 1.07. The second-order valence-corrected chi connectivity index (χ2v) is 3.31. The van der Waals surface area contributed by atoms with Crippen LogP contribution in [0.3, 0.4) is 0 Å². The molecule has 0 aliphatic carbocycles. The molecule has 0 aromatic heterocycles. The highest BCUT2D eigenvalue weighted by Crippen LogP contribution is 2.11. The van der Waals surface area contributed by atoms with Gasteiger partial charge in [-0.3, -0.25) is 4.79 Å². The van der Waals surface area contributed by atoms with E-state index in [-0.39, 0.29) is 11.6 Å². The van der Waals surface area contributed by atoms with Crippen molar-refractivity contribution >= 4 is 18.4 Å². The van der Waals surface area contributed by atoms with Gasteiger partial charge in [-0.15, -0.1) is 0 Å². The molecular formula is C10H11FOS. The highest BCUT2D eigenvalue weighted by molar-refractivity contribution is 7.80. The first-order valence-electron chi connectivity index (χ1n) is 4.05. The van der Waals surface area contributed by atoms with Crippen molar-refractivity contribution in [3.63, 3.8) is 0 Å². The molecule has 1 rings (SSSR count). The first kappa shape index (κ1) is 10.3. The van der Waals surface area contributed by atoms with E-state index in [1.54, 1.807) is 13.0 Å². The van der Waals surface area contributed by atoms with Gasteiger partial charge in [-0.05, 0) is 36.4 Å². The Labute approximate surface area is 82.4 Å². The molecule has 1 aromatic carbocycles. The van der Waals surface area contributed by atoms with Crippen molar-refractivity contribution in [3.8, 4) is 0 Å². The molecule has 3 heteroatoms. The second-order valence-electron chi connectivity index (χ2n) is 2.86. The van der Waals surface area contributed by atoms with Crippen LogP contribution in [0.5, 0.6) is 0 Å². The summed E-state index contributed by atoms with van der Waals surface area (Å²) >= 11 is 3.96. The summed E-state index contributed by atoms with van der Waals surface area (Å²) in [6, 6.07) is 4.40. The Bertz CT molecular complexity index is 323. The van der Waals surface area contributed by atoms with Gasteiger partial charge < -0.3 is 0 Å². The molecule has 0 saturated heterocycles. The number of thiol groups is 1. The Balaban J connectivity index is 2.90. The number of carbonyl (C=O) groups excluding carboxylic acids is 1. The predicted octanol–water partition coefficient (Wildman–Crippen LogP) is 2.64. The van der Waals surface area contributed by atoms with Crippen molar-refractivity contribution < 1.29 is 9.18 Å². The van der Waals surface area contributed by atoms with E-state index in [0.717, 1.165) is 0 Å². The average Bonchev–Trinajstić information content (AvgIpc) is 2.10. The number of benzene rings is 1. The topological polar surface area (TPSA) is 17.1 Å². The minimum atomic E-state index is -0.276. The van der Waals surface area contributed by atoms with Crippen molar-refractivity contribution in [2.24, 2.45) is 0 Å². The fourth-order valence-electron chi connectivity index (χ4n) is 1.06. The lowest BCUT2D eigenvalue weighted by molar-refractivity contribution is 0.0989. The quantitative estimate of drug-likeness (QED) is 0.583. The van der Waals surface area contributed by atoms with Crippen LogP contribution < -0.4 is 0 Å². The number of ketones is 1. The Hall–Kier alpha value is -0.830. The van der Waals surface area contributed by atoms with Crippen LogP contribution in [0.2, 0.25) is 0 Å². The Morgan fingerprint density at radius 3 is 2.77 bits per heavy atom. The van der Waals surface area contributed by atoms with Crippen LogP contribution in [0.25, 0.3) is 0 Å². The van der Waals surface area contributed by atoms with Crippen molar-refractivity contribution in [1.82, 2.24) is 0 Å². The zero-order chi connectivity index (χ0) is 9.84. The number of carbonyl (C=O) groups is 1.